The molecule has 0 fully saturated rings. The van der Waals surface area contributed by atoms with Crippen LogP contribution in [-0.2, 0) is 13.0 Å². The number of nitrogens with one attached hydrogen (secondary N) is 1. The molecule has 0 radical (unpaired) electrons. The van der Waals surface area contributed by atoms with Gasteiger partial charge >= 0.3 is 0 Å². The predicted octanol–water partition coefficient (Wildman–Crippen LogP) is 5.35. The summed E-state index contributed by atoms with van der Waals surface area (Å²) in [5.41, 5.74) is 4.57. The molecule has 146 valence electrons. The quantitative estimate of drug-likeness (QED) is 0.497. The molecule has 3 aromatic heterocycles. The Kier molecular flexibility index (Phi) is 4.39. The van der Waals surface area contributed by atoms with Crippen molar-refractivity contribution in [3.63, 3.8) is 0 Å². The van der Waals surface area contributed by atoms with E-state index in [0.29, 0.717) is 12.2 Å². The first-order valence-corrected chi connectivity index (χ1v) is 10.2. The number of fused-ring (bicyclic) bond motifs is 1. The van der Waals surface area contributed by atoms with Gasteiger partial charge in [0, 0.05) is 43.2 Å². The van der Waals surface area contributed by atoms with E-state index in [-0.39, 0.29) is 5.56 Å². The van der Waals surface area contributed by atoms with Crippen LogP contribution in [0.1, 0.15) is 17.0 Å². The second-order valence-corrected chi connectivity index (χ2v) is 8.08. The second kappa shape index (κ2) is 7.08. The van der Waals surface area contributed by atoms with E-state index in [4.69, 9.17) is 4.98 Å². The molecule has 1 aromatic carbocycles. The van der Waals surface area contributed by atoms with Gasteiger partial charge in [0.15, 0.2) is 0 Å². The summed E-state index contributed by atoms with van der Waals surface area (Å²) in [6.07, 6.45) is 4.35. The molecular formula is C22H18F2N4S. The molecule has 1 aliphatic heterocycles. The molecule has 0 aliphatic carbocycles. The van der Waals surface area contributed by atoms with Crippen LogP contribution >= 0.6 is 11.3 Å². The Bertz CT molecular complexity index is 1160. The Labute approximate surface area is 170 Å². The van der Waals surface area contributed by atoms with Gasteiger partial charge in [0.1, 0.15) is 21.6 Å². The number of aromatic nitrogens is 3. The summed E-state index contributed by atoms with van der Waals surface area (Å²) in [6.45, 7) is 3.51. The van der Waals surface area contributed by atoms with E-state index >= 15 is 0 Å². The normalized spacial score (nSPS) is 13.6. The van der Waals surface area contributed by atoms with Crippen molar-refractivity contribution < 1.29 is 8.78 Å². The largest absolute Gasteiger partial charge is 0.358 e. The molecule has 1 aliphatic rings. The van der Waals surface area contributed by atoms with Crippen LogP contribution in [0.15, 0.2) is 48.8 Å². The Morgan fingerprint density at radius 3 is 2.72 bits per heavy atom. The van der Waals surface area contributed by atoms with Gasteiger partial charge in [-0.25, -0.2) is 13.8 Å². The number of thiazole rings is 1. The maximum Gasteiger partial charge on any atom is 0.135 e. The van der Waals surface area contributed by atoms with Crippen molar-refractivity contribution in [2.24, 2.45) is 0 Å². The SMILES string of the molecule is Cc1nc(-c2cccnc2)sc1N1CCc2[nH]c(-c3c(F)cccc3F)cc2C1. The smallest absolute Gasteiger partial charge is 0.135 e. The molecule has 0 spiro atoms. The van der Waals surface area contributed by atoms with Gasteiger partial charge < -0.3 is 9.88 Å². The number of pyridine rings is 1. The molecule has 7 heteroatoms. The molecule has 4 nitrogen and oxygen atoms in total. The van der Waals surface area contributed by atoms with Crippen LogP contribution in [0, 0.1) is 18.6 Å². The first kappa shape index (κ1) is 18.0. The number of hydrogen-bond acceptors (Lipinski definition) is 4. The zero-order valence-electron chi connectivity index (χ0n) is 15.7. The number of aryl methyl sites for hydroxylation is 1. The molecule has 0 bridgehead atoms. The first-order chi connectivity index (χ1) is 14.1. The van der Waals surface area contributed by atoms with E-state index in [2.05, 4.69) is 14.9 Å². The van der Waals surface area contributed by atoms with Gasteiger partial charge in [-0.05, 0) is 42.8 Å². The molecule has 4 aromatic rings. The Morgan fingerprint density at radius 1 is 1.14 bits per heavy atom. The van der Waals surface area contributed by atoms with E-state index in [1.54, 1.807) is 17.5 Å². The Balaban J connectivity index is 1.45. The minimum Gasteiger partial charge on any atom is -0.358 e. The highest BCUT2D eigenvalue weighted by Gasteiger charge is 2.24. The molecule has 1 N–H and O–H groups in total. The highest BCUT2D eigenvalue weighted by atomic mass is 32.1. The topological polar surface area (TPSA) is 44.8 Å². The van der Waals surface area contributed by atoms with Gasteiger partial charge in [-0.15, -0.1) is 0 Å². The maximum atomic E-state index is 14.2. The highest BCUT2D eigenvalue weighted by Crippen LogP contribution is 2.37. The van der Waals surface area contributed by atoms with Gasteiger partial charge in [0.2, 0.25) is 0 Å². The fraction of sp³-hybridized carbons (Fsp3) is 0.182. The second-order valence-electron chi connectivity index (χ2n) is 7.11. The number of anilines is 1. The number of benzene rings is 1. The minimum absolute atomic E-state index is 0.00119. The van der Waals surface area contributed by atoms with Gasteiger partial charge in [-0.1, -0.05) is 17.4 Å². The van der Waals surface area contributed by atoms with Crippen LogP contribution in [0.25, 0.3) is 21.8 Å². The zero-order valence-corrected chi connectivity index (χ0v) is 16.6. The molecule has 0 amide bonds. The number of nitrogens with zero attached hydrogens (tertiary/aromatic N) is 3. The Morgan fingerprint density at radius 2 is 1.97 bits per heavy atom. The molecule has 0 saturated carbocycles. The fourth-order valence-electron chi connectivity index (χ4n) is 3.79. The molecular weight excluding hydrogens is 390 g/mol. The van der Waals surface area contributed by atoms with E-state index in [1.807, 2.05) is 31.3 Å². The van der Waals surface area contributed by atoms with E-state index in [9.17, 15) is 8.78 Å². The summed E-state index contributed by atoms with van der Waals surface area (Å²) in [6, 6.07) is 9.72. The lowest BCUT2D eigenvalue weighted by molar-refractivity contribution is 0.589. The van der Waals surface area contributed by atoms with Gasteiger partial charge in [0.05, 0.1) is 17.0 Å². The lowest BCUT2D eigenvalue weighted by Gasteiger charge is -2.27. The lowest BCUT2D eigenvalue weighted by Crippen LogP contribution is -2.29. The van der Waals surface area contributed by atoms with Gasteiger partial charge in [-0.3, -0.25) is 4.98 Å². The monoisotopic (exact) mass is 408 g/mol. The summed E-state index contributed by atoms with van der Waals surface area (Å²) >= 11 is 1.65. The summed E-state index contributed by atoms with van der Waals surface area (Å²) in [7, 11) is 0. The van der Waals surface area contributed by atoms with Crippen LogP contribution < -0.4 is 4.90 Å². The van der Waals surface area contributed by atoms with E-state index in [1.165, 1.54) is 18.2 Å². The van der Waals surface area contributed by atoms with Crippen molar-refractivity contribution in [3.05, 3.63) is 77.4 Å². The number of hydrogen-bond donors (Lipinski definition) is 1. The van der Waals surface area contributed by atoms with Crippen LogP contribution in [-0.4, -0.2) is 21.5 Å². The first-order valence-electron chi connectivity index (χ1n) is 9.38. The fourth-order valence-corrected chi connectivity index (χ4v) is 4.88. The predicted molar refractivity (Wildman–Crippen MR) is 111 cm³/mol. The van der Waals surface area contributed by atoms with Gasteiger partial charge in [0.25, 0.3) is 0 Å². The molecule has 5 rings (SSSR count). The standard InChI is InChI=1S/C22H18F2N4S/c1-13-22(29-21(26-13)14-4-3-8-25-11-14)28-9-7-18-15(12-28)10-19(27-18)20-16(23)5-2-6-17(20)24/h2-6,8,10-11,27H,7,9,12H2,1H3. The molecule has 4 heterocycles. The lowest BCUT2D eigenvalue weighted by atomic mass is 10.1. The third kappa shape index (κ3) is 3.21. The summed E-state index contributed by atoms with van der Waals surface area (Å²) in [5.74, 6) is -1.11. The van der Waals surface area contributed by atoms with Crippen LogP contribution in [0.2, 0.25) is 0 Å². The van der Waals surface area contributed by atoms with Gasteiger partial charge in [-0.2, -0.15) is 0 Å². The third-order valence-electron chi connectivity index (χ3n) is 5.18. The molecule has 0 unspecified atom stereocenters. The van der Waals surface area contributed by atoms with Crippen LogP contribution in [0.4, 0.5) is 13.8 Å². The zero-order chi connectivity index (χ0) is 20.0. The van der Waals surface area contributed by atoms with E-state index in [0.717, 1.165) is 45.5 Å². The molecule has 0 saturated heterocycles. The number of halogens is 2. The Hall–Kier alpha value is -3.06. The number of H-pyrrole nitrogens is 1. The number of rotatable bonds is 3. The maximum absolute atomic E-state index is 14.2. The van der Waals surface area contributed by atoms with Crippen molar-refractivity contribution in [3.8, 4) is 21.8 Å². The average Bonchev–Trinajstić information content (AvgIpc) is 3.31. The summed E-state index contributed by atoms with van der Waals surface area (Å²) < 4.78 is 28.4. The van der Waals surface area contributed by atoms with Crippen molar-refractivity contribution in [2.45, 2.75) is 19.9 Å². The minimum atomic E-state index is -0.556. The average molecular weight is 408 g/mol. The highest BCUT2D eigenvalue weighted by molar-refractivity contribution is 7.19. The van der Waals surface area contributed by atoms with E-state index < -0.39 is 11.6 Å². The third-order valence-corrected chi connectivity index (χ3v) is 6.45. The summed E-state index contributed by atoms with van der Waals surface area (Å²) in [4.78, 5) is 14.4. The van der Waals surface area contributed by atoms with Crippen LogP contribution in [0.3, 0.4) is 0 Å². The molecule has 0 atom stereocenters. The van der Waals surface area contributed by atoms with Crippen molar-refractivity contribution in [1.82, 2.24) is 15.0 Å². The van der Waals surface area contributed by atoms with Crippen molar-refractivity contribution >= 4 is 16.3 Å². The number of aromatic amines is 1. The van der Waals surface area contributed by atoms with Crippen LogP contribution in [0.5, 0.6) is 0 Å². The summed E-state index contributed by atoms with van der Waals surface area (Å²) in [5, 5.41) is 2.06. The van der Waals surface area contributed by atoms with Crippen molar-refractivity contribution in [1.29, 1.82) is 0 Å². The van der Waals surface area contributed by atoms with Crippen molar-refractivity contribution in [2.75, 3.05) is 11.4 Å². The molecule has 29 heavy (non-hydrogen) atoms.